The Morgan fingerprint density at radius 1 is 1.53 bits per heavy atom. The molecule has 5 heteroatoms. The number of benzene rings is 1. The summed E-state index contributed by atoms with van der Waals surface area (Å²) in [6, 6.07) is 5.39. The summed E-state index contributed by atoms with van der Waals surface area (Å²) < 4.78 is 6.24. The van der Waals surface area contributed by atoms with Crippen LogP contribution >= 0.6 is 27.5 Å². The first-order chi connectivity index (χ1) is 8.15. The van der Waals surface area contributed by atoms with Crippen LogP contribution in [0.15, 0.2) is 40.4 Å². The van der Waals surface area contributed by atoms with Crippen LogP contribution in [0.5, 0.6) is 5.75 Å². The Morgan fingerprint density at radius 3 is 2.94 bits per heavy atom. The highest BCUT2D eigenvalue weighted by Gasteiger charge is 2.05. The van der Waals surface area contributed by atoms with E-state index in [1.165, 1.54) is 11.6 Å². The van der Waals surface area contributed by atoms with E-state index in [1.807, 2.05) is 6.07 Å². The number of aliphatic carboxylic acids is 1. The van der Waals surface area contributed by atoms with E-state index in [9.17, 15) is 4.79 Å². The lowest BCUT2D eigenvalue weighted by Crippen LogP contribution is -1.96. The highest BCUT2D eigenvalue weighted by atomic mass is 79.9. The number of carbonyl (C=O) groups is 1. The third-order valence-electron chi connectivity index (χ3n) is 1.82. The van der Waals surface area contributed by atoms with Gasteiger partial charge in [-0.1, -0.05) is 23.7 Å². The summed E-state index contributed by atoms with van der Waals surface area (Å²) in [5.74, 6) is -0.420. The van der Waals surface area contributed by atoms with Crippen LogP contribution < -0.4 is 4.74 Å². The average Bonchev–Trinajstić information content (AvgIpc) is 2.29. The Bertz CT molecular complexity index is 455. The van der Waals surface area contributed by atoms with E-state index in [0.29, 0.717) is 17.9 Å². The van der Waals surface area contributed by atoms with E-state index in [0.717, 1.165) is 10.5 Å². The maximum absolute atomic E-state index is 10.5. The summed E-state index contributed by atoms with van der Waals surface area (Å²) in [6.07, 6.45) is 4.19. The molecule has 0 aliphatic rings. The zero-order chi connectivity index (χ0) is 12.7. The Hall–Kier alpha value is -1.26. The summed E-state index contributed by atoms with van der Waals surface area (Å²) in [6.45, 7) is 0.319. The largest absolute Gasteiger partial charge is 0.488 e. The minimum Gasteiger partial charge on any atom is -0.488 e. The molecule has 1 aromatic rings. The van der Waals surface area contributed by atoms with Gasteiger partial charge in [-0.05, 0) is 34.1 Å². The number of para-hydroxylation sites is 1. The fraction of sp³-hybridized carbons (Fsp3) is 0.0833. The van der Waals surface area contributed by atoms with Crippen molar-refractivity contribution in [2.24, 2.45) is 0 Å². The Kier molecular flexibility index (Phi) is 5.80. The van der Waals surface area contributed by atoms with Crippen molar-refractivity contribution in [1.82, 2.24) is 0 Å². The van der Waals surface area contributed by atoms with Gasteiger partial charge in [-0.25, -0.2) is 4.79 Å². The van der Waals surface area contributed by atoms with E-state index in [2.05, 4.69) is 15.9 Å². The lowest BCUT2D eigenvalue weighted by atomic mass is 10.2. The Balaban J connectivity index is 2.95. The van der Waals surface area contributed by atoms with Gasteiger partial charge in [0.05, 0.1) is 4.47 Å². The Morgan fingerprint density at radius 2 is 2.29 bits per heavy atom. The predicted octanol–water partition coefficient (Wildman–Crippen LogP) is 3.68. The number of carboxylic acid groups (broad SMARTS) is 1. The molecule has 1 N–H and O–H groups in total. The van der Waals surface area contributed by atoms with Crippen LogP contribution in [0.3, 0.4) is 0 Å². The maximum Gasteiger partial charge on any atom is 0.328 e. The highest BCUT2D eigenvalue weighted by Crippen LogP contribution is 2.30. The van der Waals surface area contributed by atoms with E-state index in [-0.39, 0.29) is 0 Å². The summed E-state index contributed by atoms with van der Waals surface area (Å²) in [5, 5.41) is 8.58. The first-order valence-electron chi connectivity index (χ1n) is 4.72. The molecule has 0 aliphatic heterocycles. The SMILES string of the molecule is O=C(O)C=Cc1cccc(Br)c1OCC=CCl. The van der Waals surface area contributed by atoms with Crippen LogP contribution in [-0.2, 0) is 4.79 Å². The van der Waals surface area contributed by atoms with E-state index >= 15 is 0 Å². The smallest absolute Gasteiger partial charge is 0.328 e. The van der Waals surface area contributed by atoms with Crippen LogP contribution in [0.1, 0.15) is 5.56 Å². The topological polar surface area (TPSA) is 46.5 Å². The Labute approximate surface area is 112 Å². The van der Waals surface area contributed by atoms with Gasteiger partial charge in [0, 0.05) is 17.2 Å². The monoisotopic (exact) mass is 316 g/mol. The molecule has 0 aliphatic carbocycles. The second-order valence-corrected chi connectivity index (χ2v) is 4.11. The van der Waals surface area contributed by atoms with Gasteiger partial charge in [-0.2, -0.15) is 0 Å². The summed E-state index contributed by atoms with van der Waals surface area (Å²) >= 11 is 8.73. The van der Waals surface area contributed by atoms with E-state index in [1.54, 1.807) is 18.2 Å². The van der Waals surface area contributed by atoms with Gasteiger partial charge in [-0.15, -0.1) is 0 Å². The molecule has 90 valence electrons. The van der Waals surface area contributed by atoms with Gasteiger partial charge in [-0.3, -0.25) is 0 Å². The van der Waals surface area contributed by atoms with Crippen molar-refractivity contribution in [3.05, 3.63) is 45.9 Å². The van der Waals surface area contributed by atoms with Crippen molar-refractivity contribution in [3.63, 3.8) is 0 Å². The van der Waals surface area contributed by atoms with E-state index < -0.39 is 5.97 Å². The van der Waals surface area contributed by atoms with Crippen LogP contribution in [-0.4, -0.2) is 17.7 Å². The fourth-order valence-corrected chi connectivity index (χ4v) is 1.71. The van der Waals surface area contributed by atoms with E-state index in [4.69, 9.17) is 21.4 Å². The molecule has 0 aromatic heterocycles. The molecular formula is C12H10BrClO3. The van der Waals surface area contributed by atoms with Gasteiger partial charge >= 0.3 is 5.97 Å². The fourth-order valence-electron chi connectivity index (χ4n) is 1.14. The molecule has 0 radical (unpaired) electrons. The van der Waals surface area contributed by atoms with Gasteiger partial charge in [0.1, 0.15) is 12.4 Å². The average molecular weight is 318 g/mol. The van der Waals surface area contributed by atoms with Crippen LogP contribution in [0.25, 0.3) is 6.08 Å². The molecule has 0 atom stereocenters. The van der Waals surface area contributed by atoms with Gasteiger partial charge < -0.3 is 9.84 Å². The zero-order valence-corrected chi connectivity index (χ0v) is 11.1. The molecule has 1 rings (SSSR count). The first kappa shape index (κ1) is 13.8. The molecular weight excluding hydrogens is 307 g/mol. The number of ether oxygens (including phenoxy) is 1. The number of hydrogen-bond acceptors (Lipinski definition) is 2. The van der Waals surface area contributed by atoms with Crippen LogP contribution in [0.4, 0.5) is 0 Å². The standard InChI is InChI=1S/C12H10BrClO3/c13-10-4-1-3-9(5-6-11(15)16)12(10)17-8-2-7-14/h1-7H,8H2,(H,15,16). The molecule has 3 nitrogen and oxygen atoms in total. The molecule has 0 amide bonds. The number of hydrogen-bond donors (Lipinski definition) is 1. The normalized spacial score (nSPS) is 11.2. The maximum atomic E-state index is 10.5. The third kappa shape index (κ3) is 4.63. The molecule has 0 bridgehead atoms. The van der Waals surface area contributed by atoms with Gasteiger partial charge in [0.2, 0.25) is 0 Å². The predicted molar refractivity (Wildman–Crippen MR) is 71.3 cm³/mol. The van der Waals surface area contributed by atoms with Gasteiger partial charge in [0.15, 0.2) is 0 Å². The van der Waals surface area contributed by atoms with Crippen LogP contribution in [0, 0.1) is 0 Å². The second-order valence-electron chi connectivity index (χ2n) is 3.00. The third-order valence-corrected chi connectivity index (χ3v) is 2.62. The zero-order valence-electron chi connectivity index (χ0n) is 8.77. The number of halogens is 2. The molecule has 0 unspecified atom stereocenters. The van der Waals surface area contributed by atoms with Crippen molar-refractivity contribution in [3.8, 4) is 5.75 Å². The molecule has 0 heterocycles. The van der Waals surface area contributed by atoms with Crippen LogP contribution in [0.2, 0.25) is 0 Å². The highest BCUT2D eigenvalue weighted by molar-refractivity contribution is 9.10. The molecule has 0 spiro atoms. The van der Waals surface area contributed by atoms with Crippen molar-refractivity contribution in [1.29, 1.82) is 0 Å². The quantitative estimate of drug-likeness (QED) is 0.843. The van der Waals surface area contributed by atoms with Crippen molar-refractivity contribution < 1.29 is 14.6 Å². The first-order valence-corrected chi connectivity index (χ1v) is 5.95. The summed E-state index contributed by atoms with van der Waals surface area (Å²) in [7, 11) is 0. The second kappa shape index (κ2) is 7.14. The van der Waals surface area contributed by atoms with Crippen molar-refractivity contribution >= 4 is 39.6 Å². The number of carboxylic acids is 1. The lowest BCUT2D eigenvalue weighted by molar-refractivity contribution is -0.131. The molecule has 0 fully saturated rings. The minimum atomic E-state index is -1.00. The van der Waals surface area contributed by atoms with Crippen molar-refractivity contribution in [2.45, 2.75) is 0 Å². The molecule has 0 saturated carbocycles. The summed E-state index contributed by atoms with van der Waals surface area (Å²) in [5.41, 5.74) is 2.05. The molecule has 0 saturated heterocycles. The molecule has 17 heavy (non-hydrogen) atoms. The van der Waals surface area contributed by atoms with Crippen molar-refractivity contribution in [2.75, 3.05) is 6.61 Å². The van der Waals surface area contributed by atoms with Gasteiger partial charge in [0.25, 0.3) is 0 Å². The number of rotatable bonds is 5. The lowest BCUT2D eigenvalue weighted by Gasteiger charge is -2.09. The summed E-state index contributed by atoms with van der Waals surface area (Å²) in [4.78, 5) is 10.5. The minimum absolute atomic E-state index is 0.319. The molecule has 1 aromatic carbocycles.